The highest BCUT2D eigenvalue weighted by atomic mass is 32.2. The summed E-state index contributed by atoms with van der Waals surface area (Å²) in [5.74, 6) is -0.464. The summed E-state index contributed by atoms with van der Waals surface area (Å²) in [4.78, 5) is 25.7. The second-order valence-corrected chi connectivity index (χ2v) is 7.08. The highest BCUT2D eigenvalue weighted by Gasteiger charge is 2.39. The summed E-state index contributed by atoms with van der Waals surface area (Å²) >= 11 is 1.42. The first-order chi connectivity index (χ1) is 10.4. The molecule has 0 radical (unpaired) electrons. The summed E-state index contributed by atoms with van der Waals surface area (Å²) in [5.41, 5.74) is 0.495. The van der Waals surface area contributed by atoms with Gasteiger partial charge in [-0.05, 0) is 26.8 Å². The smallest absolute Gasteiger partial charge is 0.236 e. The molecule has 6 heteroatoms. The van der Waals surface area contributed by atoms with E-state index in [2.05, 4.69) is 5.32 Å². The number of hydrogen-bond acceptors (Lipinski definition) is 3. The molecule has 2 atom stereocenters. The number of rotatable bonds is 5. The molecule has 120 valence electrons. The van der Waals surface area contributed by atoms with Crippen LogP contribution in [0.2, 0.25) is 0 Å². The summed E-state index contributed by atoms with van der Waals surface area (Å²) in [7, 11) is 0. The van der Waals surface area contributed by atoms with Gasteiger partial charge in [-0.3, -0.25) is 9.59 Å². The third-order valence-electron chi connectivity index (χ3n) is 3.45. The molecule has 1 aliphatic heterocycles. The third kappa shape index (κ3) is 3.80. The van der Waals surface area contributed by atoms with Gasteiger partial charge >= 0.3 is 0 Å². The van der Waals surface area contributed by atoms with E-state index in [1.807, 2.05) is 20.8 Å². The Morgan fingerprint density at radius 2 is 2.09 bits per heavy atom. The van der Waals surface area contributed by atoms with Gasteiger partial charge in [0.25, 0.3) is 0 Å². The maximum Gasteiger partial charge on any atom is 0.236 e. The Hall–Kier alpha value is -1.56. The maximum absolute atomic E-state index is 14.0. The number of carbonyl (C=O) groups excluding carboxylic acids is 2. The van der Waals surface area contributed by atoms with Crippen molar-refractivity contribution < 1.29 is 14.0 Å². The first-order valence-corrected chi connectivity index (χ1v) is 8.34. The van der Waals surface area contributed by atoms with E-state index in [0.717, 1.165) is 0 Å². The highest BCUT2D eigenvalue weighted by Crippen LogP contribution is 2.43. The average Bonchev–Trinajstić information content (AvgIpc) is 2.72. The van der Waals surface area contributed by atoms with Gasteiger partial charge in [0.15, 0.2) is 0 Å². The van der Waals surface area contributed by atoms with Crippen LogP contribution in [0.5, 0.6) is 0 Å². The number of thioether (sulfide) groups is 1. The van der Waals surface area contributed by atoms with Crippen molar-refractivity contribution in [3.05, 3.63) is 35.6 Å². The largest absolute Gasteiger partial charge is 0.354 e. The minimum atomic E-state index is -0.365. The van der Waals surface area contributed by atoms with Crippen LogP contribution in [0.1, 0.15) is 38.1 Å². The molecule has 0 aliphatic carbocycles. The van der Waals surface area contributed by atoms with Crippen molar-refractivity contribution in [1.29, 1.82) is 0 Å². The molecule has 1 saturated heterocycles. The Kier molecular flexibility index (Phi) is 5.45. The van der Waals surface area contributed by atoms with Crippen LogP contribution in [0.25, 0.3) is 0 Å². The number of halogens is 1. The number of amides is 2. The molecule has 2 amide bonds. The lowest BCUT2D eigenvalue weighted by atomic mass is 10.2. The van der Waals surface area contributed by atoms with E-state index in [-0.39, 0.29) is 40.7 Å². The molecule has 1 N–H and O–H groups in total. The molecule has 1 aromatic rings. The molecule has 0 saturated carbocycles. The van der Waals surface area contributed by atoms with Gasteiger partial charge in [-0.15, -0.1) is 11.8 Å². The van der Waals surface area contributed by atoms with Gasteiger partial charge in [0.2, 0.25) is 11.8 Å². The summed E-state index contributed by atoms with van der Waals surface area (Å²) < 4.78 is 14.0. The van der Waals surface area contributed by atoms with E-state index in [0.29, 0.717) is 12.1 Å². The van der Waals surface area contributed by atoms with Gasteiger partial charge < -0.3 is 10.2 Å². The Bertz CT molecular complexity index is 565. The zero-order chi connectivity index (χ0) is 16.3. The Labute approximate surface area is 134 Å². The van der Waals surface area contributed by atoms with E-state index < -0.39 is 0 Å². The molecule has 0 spiro atoms. The maximum atomic E-state index is 14.0. The molecule has 1 aromatic carbocycles. The molecule has 2 rings (SSSR count). The van der Waals surface area contributed by atoms with Crippen LogP contribution < -0.4 is 5.32 Å². The molecule has 1 heterocycles. The summed E-state index contributed by atoms with van der Waals surface area (Å²) in [5, 5.41) is 2.21. The second kappa shape index (κ2) is 7.13. The van der Waals surface area contributed by atoms with Crippen LogP contribution in [0.4, 0.5) is 4.39 Å². The minimum Gasteiger partial charge on any atom is -0.354 e. The standard InChI is InChI=1S/C16H21FN2O2S/c1-10(2)18-14(20)8-9-19-15(21)11(3)22-16(19)12-6-4-5-7-13(12)17/h4-7,10-11,16H,8-9H2,1-3H3,(H,18,20)/t11-,16+/m0/s1. The number of nitrogens with one attached hydrogen (secondary N) is 1. The lowest BCUT2D eigenvalue weighted by Gasteiger charge is -2.24. The van der Waals surface area contributed by atoms with Crippen LogP contribution in [0.3, 0.4) is 0 Å². The monoisotopic (exact) mass is 324 g/mol. The fraction of sp³-hybridized carbons (Fsp3) is 0.500. The fourth-order valence-corrected chi connectivity index (χ4v) is 3.77. The Morgan fingerprint density at radius 3 is 2.73 bits per heavy atom. The van der Waals surface area contributed by atoms with Crippen molar-refractivity contribution in [2.75, 3.05) is 6.54 Å². The normalized spacial score (nSPS) is 21.5. The molecule has 1 fully saturated rings. The quantitative estimate of drug-likeness (QED) is 0.906. The predicted octanol–water partition coefficient (Wildman–Crippen LogP) is 2.70. The zero-order valence-corrected chi connectivity index (χ0v) is 13.8. The first kappa shape index (κ1) is 16.8. The minimum absolute atomic E-state index is 0.0457. The van der Waals surface area contributed by atoms with Crippen molar-refractivity contribution in [3.8, 4) is 0 Å². The lowest BCUT2D eigenvalue weighted by Crippen LogP contribution is -2.36. The number of hydrogen-bond donors (Lipinski definition) is 1. The molecular formula is C16H21FN2O2S. The molecular weight excluding hydrogens is 303 g/mol. The van der Waals surface area contributed by atoms with Gasteiger partial charge in [-0.1, -0.05) is 18.2 Å². The van der Waals surface area contributed by atoms with Gasteiger partial charge in [-0.2, -0.15) is 0 Å². The van der Waals surface area contributed by atoms with Crippen LogP contribution in [-0.4, -0.2) is 34.6 Å². The average molecular weight is 324 g/mol. The van der Waals surface area contributed by atoms with Crippen LogP contribution in [0.15, 0.2) is 24.3 Å². The molecule has 0 bridgehead atoms. The first-order valence-electron chi connectivity index (χ1n) is 7.40. The third-order valence-corrected chi connectivity index (χ3v) is 4.82. The van der Waals surface area contributed by atoms with Gasteiger partial charge in [0, 0.05) is 24.6 Å². The van der Waals surface area contributed by atoms with E-state index in [4.69, 9.17) is 0 Å². The molecule has 4 nitrogen and oxygen atoms in total. The van der Waals surface area contributed by atoms with Crippen molar-refractivity contribution in [2.24, 2.45) is 0 Å². The van der Waals surface area contributed by atoms with Crippen molar-refractivity contribution in [2.45, 2.75) is 43.9 Å². The summed E-state index contributed by atoms with van der Waals surface area (Å²) in [6.07, 6.45) is 0.224. The van der Waals surface area contributed by atoms with Gasteiger partial charge in [-0.25, -0.2) is 4.39 Å². The lowest BCUT2D eigenvalue weighted by molar-refractivity contribution is -0.130. The highest BCUT2D eigenvalue weighted by molar-refractivity contribution is 8.01. The van der Waals surface area contributed by atoms with Crippen LogP contribution >= 0.6 is 11.8 Å². The Morgan fingerprint density at radius 1 is 1.41 bits per heavy atom. The van der Waals surface area contributed by atoms with Gasteiger partial charge in [0.1, 0.15) is 11.2 Å². The van der Waals surface area contributed by atoms with E-state index in [1.165, 1.54) is 17.8 Å². The number of nitrogens with zero attached hydrogens (tertiary/aromatic N) is 1. The molecule has 1 aliphatic rings. The van der Waals surface area contributed by atoms with Crippen LogP contribution in [0, 0.1) is 5.82 Å². The fourth-order valence-electron chi connectivity index (χ4n) is 2.43. The van der Waals surface area contributed by atoms with E-state index >= 15 is 0 Å². The molecule has 22 heavy (non-hydrogen) atoms. The summed E-state index contributed by atoms with van der Waals surface area (Å²) in [6, 6.07) is 6.55. The van der Waals surface area contributed by atoms with E-state index in [9.17, 15) is 14.0 Å². The van der Waals surface area contributed by atoms with Crippen molar-refractivity contribution in [1.82, 2.24) is 10.2 Å². The number of benzene rings is 1. The van der Waals surface area contributed by atoms with Crippen LogP contribution in [-0.2, 0) is 9.59 Å². The predicted molar refractivity (Wildman–Crippen MR) is 85.8 cm³/mol. The zero-order valence-electron chi connectivity index (χ0n) is 13.0. The number of carbonyl (C=O) groups is 2. The van der Waals surface area contributed by atoms with Crippen molar-refractivity contribution in [3.63, 3.8) is 0 Å². The molecule has 0 aromatic heterocycles. The SMILES string of the molecule is CC(C)NC(=O)CCN1C(=O)[C@H](C)S[C@@H]1c1ccccc1F. The Balaban J connectivity index is 2.11. The molecule has 0 unspecified atom stereocenters. The topological polar surface area (TPSA) is 49.4 Å². The second-order valence-electron chi connectivity index (χ2n) is 5.66. The van der Waals surface area contributed by atoms with E-state index in [1.54, 1.807) is 23.1 Å². The van der Waals surface area contributed by atoms with Crippen molar-refractivity contribution >= 4 is 23.6 Å². The summed E-state index contributed by atoms with van der Waals surface area (Å²) in [6.45, 7) is 5.89. The van der Waals surface area contributed by atoms with Gasteiger partial charge in [0.05, 0.1) is 5.25 Å².